The van der Waals surface area contributed by atoms with Crippen molar-refractivity contribution in [1.29, 1.82) is 0 Å². The highest BCUT2D eigenvalue weighted by Crippen LogP contribution is 2.23. The molecule has 0 bridgehead atoms. The molecule has 3 nitrogen and oxygen atoms in total. The number of benzene rings is 1. The van der Waals surface area contributed by atoms with Crippen LogP contribution in [0.4, 0.5) is 10.5 Å². The van der Waals surface area contributed by atoms with Crippen molar-refractivity contribution in [2.24, 2.45) is 0 Å². The number of aromatic hydroxyl groups is 1. The number of nitrogens with one attached hydrogen (secondary N) is 1. The molecule has 0 aliphatic heterocycles. The Morgan fingerprint density at radius 1 is 1.58 bits per heavy atom. The molecule has 1 aromatic rings. The molecule has 0 spiro atoms. The Balaban J connectivity index is 2.97. The first-order valence-corrected chi connectivity index (χ1v) is 3.84. The Morgan fingerprint density at radius 2 is 2.25 bits per heavy atom. The van der Waals surface area contributed by atoms with E-state index < -0.39 is 5.24 Å². The summed E-state index contributed by atoms with van der Waals surface area (Å²) in [4.78, 5) is 10.5. The van der Waals surface area contributed by atoms with Gasteiger partial charge >= 0.3 is 0 Å². The molecule has 0 atom stereocenters. The van der Waals surface area contributed by atoms with Crippen LogP contribution >= 0.6 is 12.6 Å². The summed E-state index contributed by atoms with van der Waals surface area (Å²) in [5.74, 6) is 0.0444. The number of hydrogen-bond donors (Lipinski definition) is 3. The standard InChI is InChI=1S/C8H9NO2S/c1-5-2-3-7(10)6(4-5)9-8(11)12/h2-4,10H,1H3,(H2,9,11,12). The van der Waals surface area contributed by atoms with E-state index in [4.69, 9.17) is 0 Å². The van der Waals surface area contributed by atoms with Gasteiger partial charge in [0.1, 0.15) is 5.75 Å². The second kappa shape index (κ2) is 3.49. The monoisotopic (exact) mass is 183 g/mol. The molecule has 0 fully saturated rings. The lowest BCUT2D eigenvalue weighted by atomic mass is 10.2. The minimum absolute atomic E-state index is 0.0444. The van der Waals surface area contributed by atoms with Gasteiger partial charge in [0.25, 0.3) is 5.24 Å². The van der Waals surface area contributed by atoms with Crippen LogP contribution in [0.2, 0.25) is 0 Å². The van der Waals surface area contributed by atoms with Crippen molar-refractivity contribution < 1.29 is 9.90 Å². The number of thiol groups is 1. The number of phenolic OH excluding ortho intramolecular Hbond substituents is 1. The summed E-state index contributed by atoms with van der Waals surface area (Å²) >= 11 is 3.53. The fourth-order valence-corrected chi connectivity index (χ4v) is 0.986. The molecule has 0 saturated heterocycles. The Hall–Kier alpha value is -1.16. The molecule has 1 aromatic carbocycles. The van der Waals surface area contributed by atoms with Gasteiger partial charge in [0.05, 0.1) is 5.69 Å². The molecule has 0 unspecified atom stereocenters. The third-order valence-electron chi connectivity index (χ3n) is 1.39. The summed E-state index contributed by atoms with van der Waals surface area (Å²) < 4.78 is 0. The van der Waals surface area contributed by atoms with Gasteiger partial charge in [-0.2, -0.15) is 0 Å². The Bertz CT molecular complexity index is 312. The average Bonchev–Trinajstić information content (AvgIpc) is 1.96. The van der Waals surface area contributed by atoms with Gasteiger partial charge in [-0.3, -0.25) is 4.79 Å². The predicted octanol–water partition coefficient (Wildman–Crippen LogP) is 2.16. The number of hydrogen-bond acceptors (Lipinski definition) is 2. The lowest BCUT2D eigenvalue weighted by Gasteiger charge is -2.04. The van der Waals surface area contributed by atoms with Gasteiger partial charge in [-0.25, -0.2) is 0 Å². The number of carbonyl (C=O) groups is 1. The molecule has 0 heterocycles. The Labute approximate surface area is 75.8 Å². The second-order valence-electron chi connectivity index (χ2n) is 2.45. The summed E-state index contributed by atoms with van der Waals surface area (Å²) in [5, 5.41) is 11.1. The molecule has 64 valence electrons. The van der Waals surface area contributed by atoms with Crippen molar-refractivity contribution in [3.63, 3.8) is 0 Å². The number of amides is 1. The van der Waals surface area contributed by atoms with Gasteiger partial charge in [0.15, 0.2) is 0 Å². The molecule has 2 N–H and O–H groups in total. The first kappa shape index (κ1) is 8.93. The van der Waals surface area contributed by atoms with E-state index in [1.807, 2.05) is 6.92 Å². The molecule has 0 aromatic heterocycles. The first-order chi connectivity index (χ1) is 5.59. The fourth-order valence-electron chi connectivity index (χ4n) is 0.865. The fraction of sp³-hybridized carbons (Fsp3) is 0.125. The van der Waals surface area contributed by atoms with Crippen molar-refractivity contribution in [2.75, 3.05) is 5.32 Å². The van der Waals surface area contributed by atoms with E-state index in [1.54, 1.807) is 12.1 Å². The largest absolute Gasteiger partial charge is 0.506 e. The van der Waals surface area contributed by atoms with Crippen LogP contribution in [-0.2, 0) is 0 Å². The summed E-state index contributed by atoms with van der Waals surface area (Å²) in [6, 6.07) is 4.95. The minimum Gasteiger partial charge on any atom is -0.506 e. The van der Waals surface area contributed by atoms with Gasteiger partial charge in [-0.05, 0) is 24.6 Å². The molecule has 0 saturated carbocycles. The maximum Gasteiger partial charge on any atom is 0.280 e. The number of phenols is 1. The van der Waals surface area contributed by atoms with Gasteiger partial charge < -0.3 is 10.4 Å². The summed E-state index contributed by atoms with van der Waals surface area (Å²) in [7, 11) is 0. The van der Waals surface area contributed by atoms with E-state index in [9.17, 15) is 9.90 Å². The molecule has 4 heteroatoms. The van der Waals surface area contributed by atoms with Crippen molar-refractivity contribution in [3.05, 3.63) is 23.8 Å². The third-order valence-corrected chi connectivity index (χ3v) is 1.51. The van der Waals surface area contributed by atoms with E-state index in [0.29, 0.717) is 5.69 Å². The number of anilines is 1. The number of carbonyl (C=O) groups excluding carboxylic acids is 1. The van der Waals surface area contributed by atoms with Crippen molar-refractivity contribution in [3.8, 4) is 5.75 Å². The topological polar surface area (TPSA) is 49.3 Å². The molecular formula is C8H9NO2S. The SMILES string of the molecule is Cc1ccc(O)c(NC(=O)S)c1. The molecule has 1 rings (SSSR count). The van der Waals surface area contributed by atoms with Crippen LogP contribution < -0.4 is 5.32 Å². The molecular weight excluding hydrogens is 174 g/mol. The minimum atomic E-state index is -0.490. The van der Waals surface area contributed by atoms with Crippen LogP contribution in [0.25, 0.3) is 0 Å². The normalized spacial score (nSPS) is 9.50. The first-order valence-electron chi connectivity index (χ1n) is 3.39. The highest BCUT2D eigenvalue weighted by atomic mass is 32.1. The van der Waals surface area contributed by atoms with E-state index in [0.717, 1.165) is 5.56 Å². The van der Waals surface area contributed by atoms with Crippen LogP contribution in [0.15, 0.2) is 18.2 Å². The van der Waals surface area contributed by atoms with Crippen molar-refractivity contribution in [1.82, 2.24) is 0 Å². The highest BCUT2D eigenvalue weighted by molar-refractivity contribution is 7.96. The summed E-state index contributed by atoms with van der Waals surface area (Å²) in [5.41, 5.74) is 1.35. The Morgan fingerprint density at radius 3 is 2.83 bits per heavy atom. The molecule has 0 aliphatic carbocycles. The van der Waals surface area contributed by atoms with Crippen LogP contribution in [0, 0.1) is 6.92 Å². The molecule has 12 heavy (non-hydrogen) atoms. The van der Waals surface area contributed by atoms with Gasteiger partial charge in [0.2, 0.25) is 0 Å². The van der Waals surface area contributed by atoms with Crippen LogP contribution in [0.5, 0.6) is 5.75 Å². The molecule has 1 amide bonds. The number of aryl methyl sites for hydroxylation is 1. The van der Waals surface area contributed by atoms with Crippen LogP contribution in [0.3, 0.4) is 0 Å². The smallest absolute Gasteiger partial charge is 0.280 e. The average molecular weight is 183 g/mol. The predicted molar refractivity (Wildman–Crippen MR) is 50.8 cm³/mol. The summed E-state index contributed by atoms with van der Waals surface area (Å²) in [6.45, 7) is 1.87. The van der Waals surface area contributed by atoms with Crippen LogP contribution in [0.1, 0.15) is 5.56 Å². The quantitative estimate of drug-likeness (QED) is 0.461. The summed E-state index contributed by atoms with van der Waals surface area (Å²) in [6.07, 6.45) is 0. The third kappa shape index (κ3) is 2.17. The van der Waals surface area contributed by atoms with E-state index >= 15 is 0 Å². The van der Waals surface area contributed by atoms with Crippen molar-refractivity contribution in [2.45, 2.75) is 6.92 Å². The maximum atomic E-state index is 10.5. The molecule has 0 aliphatic rings. The van der Waals surface area contributed by atoms with E-state index in [-0.39, 0.29) is 5.75 Å². The lowest BCUT2D eigenvalue weighted by Crippen LogP contribution is -2.01. The van der Waals surface area contributed by atoms with Crippen molar-refractivity contribution >= 4 is 23.6 Å². The zero-order chi connectivity index (χ0) is 9.14. The second-order valence-corrected chi connectivity index (χ2v) is 2.86. The zero-order valence-corrected chi connectivity index (χ0v) is 7.43. The van der Waals surface area contributed by atoms with E-state index in [2.05, 4.69) is 17.9 Å². The van der Waals surface area contributed by atoms with Gasteiger partial charge in [-0.1, -0.05) is 18.7 Å². The lowest BCUT2D eigenvalue weighted by molar-refractivity contribution is 0.270. The Kier molecular flexibility index (Phi) is 2.60. The van der Waals surface area contributed by atoms with Gasteiger partial charge in [-0.15, -0.1) is 0 Å². The van der Waals surface area contributed by atoms with E-state index in [1.165, 1.54) is 6.07 Å². The zero-order valence-electron chi connectivity index (χ0n) is 6.53. The molecule has 0 radical (unpaired) electrons. The highest BCUT2D eigenvalue weighted by Gasteiger charge is 2.01. The van der Waals surface area contributed by atoms with Gasteiger partial charge in [0, 0.05) is 0 Å². The number of rotatable bonds is 1. The maximum absolute atomic E-state index is 10.5. The van der Waals surface area contributed by atoms with Crippen LogP contribution in [-0.4, -0.2) is 10.3 Å².